The predicted octanol–water partition coefficient (Wildman–Crippen LogP) is 3.54. The van der Waals surface area contributed by atoms with Gasteiger partial charge >= 0.3 is 0 Å². The summed E-state index contributed by atoms with van der Waals surface area (Å²) in [6, 6.07) is 16.1. The number of anilines is 1. The molecule has 0 aliphatic heterocycles. The first-order valence-electron chi connectivity index (χ1n) is 9.89. The van der Waals surface area contributed by atoms with E-state index in [9.17, 15) is 4.79 Å². The van der Waals surface area contributed by atoms with Crippen molar-refractivity contribution in [3.8, 4) is 0 Å². The number of rotatable bonds is 9. The summed E-state index contributed by atoms with van der Waals surface area (Å²) in [5, 5.41) is 3.32. The lowest BCUT2D eigenvalue weighted by atomic mass is 10.1. The van der Waals surface area contributed by atoms with Crippen LogP contribution < -0.4 is 5.32 Å². The fraction of sp³-hybridized carbons (Fsp3) is 0.304. The Bertz CT molecular complexity index is 915. The molecule has 150 valence electrons. The minimum atomic E-state index is -0.100. The lowest BCUT2D eigenvalue weighted by Crippen LogP contribution is -2.30. The van der Waals surface area contributed by atoms with Gasteiger partial charge in [0.15, 0.2) is 0 Å². The molecule has 0 aliphatic carbocycles. The molecule has 0 saturated carbocycles. The standard InChI is InChI=1S/C23H27N5O/c1-18-26-21(23(29)28(2)16-12-20-10-14-24-15-11-20)17-22(27-18)25-13-6-9-19-7-4-3-5-8-19/h3-5,7-8,10-11,14-15,17H,6,9,12-13,16H2,1-2H3,(H,25,26,27). The smallest absolute Gasteiger partial charge is 0.272 e. The van der Waals surface area contributed by atoms with Gasteiger partial charge in [0.1, 0.15) is 17.3 Å². The Morgan fingerprint density at radius 3 is 2.48 bits per heavy atom. The summed E-state index contributed by atoms with van der Waals surface area (Å²) in [7, 11) is 1.80. The molecular weight excluding hydrogens is 362 g/mol. The van der Waals surface area contributed by atoms with E-state index in [0.717, 1.165) is 31.4 Å². The zero-order valence-corrected chi connectivity index (χ0v) is 17.0. The topological polar surface area (TPSA) is 71.0 Å². The van der Waals surface area contributed by atoms with Crippen LogP contribution in [0.15, 0.2) is 60.9 Å². The van der Waals surface area contributed by atoms with Gasteiger partial charge in [0.2, 0.25) is 0 Å². The summed E-state index contributed by atoms with van der Waals surface area (Å²) in [6.45, 7) is 3.21. The van der Waals surface area contributed by atoms with Crippen LogP contribution in [0.4, 0.5) is 5.82 Å². The van der Waals surface area contributed by atoms with Gasteiger partial charge in [-0.3, -0.25) is 9.78 Å². The average molecular weight is 390 g/mol. The average Bonchev–Trinajstić information content (AvgIpc) is 2.75. The molecule has 3 rings (SSSR count). The molecule has 29 heavy (non-hydrogen) atoms. The molecule has 0 saturated heterocycles. The zero-order chi connectivity index (χ0) is 20.5. The van der Waals surface area contributed by atoms with Crippen molar-refractivity contribution in [3.05, 3.63) is 83.6 Å². The van der Waals surface area contributed by atoms with Crippen molar-refractivity contribution in [2.24, 2.45) is 0 Å². The van der Waals surface area contributed by atoms with Crippen LogP contribution >= 0.6 is 0 Å². The number of hydrogen-bond acceptors (Lipinski definition) is 5. The summed E-state index contributed by atoms with van der Waals surface area (Å²) < 4.78 is 0. The SMILES string of the molecule is Cc1nc(NCCCc2ccccc2)cc(C(=O)N(C)CCc2ccncc2)n1. The molecule has 0 spiro atoms. The van der Waals surface area contributed by atoms with Gasteiger partial charge < -0.3 is 10.2 Å². The number of carbonyl (C=O) groups is 1. The third kappa shape index (κ3) is 6.38. The van der Waals surface area contributed by atoms with Crippen molar-refractivity contribution in [1.29, 1.82) is 0 Å². The molecule has 2 aromatic heterocycles. The lowest BCUT2D eigenvalue weighted by molar-refractivity contribution is 0.0790. The third-order valence-electron chi connectivity index (χ3n) is 4.68. The highest BCUT2D eigenvalue weighted by Crippen LogP contribution is 2.10. The predicted molar refractivity (Wildman–Crippen MR) is 115 cm³/mol. The van der Waals surface area contributed by atoms with Crippen molar-refractivity contribution in [2.75, 3.05) is 25.5 Å². The first-order chi connectivity index (χ1) is 14.1. The number of carbonyl (C=O) groups excluding carboxylic acids is 1. The maximum absolute atomic E-state index is 12.8. The van der Waals surface area contributed by atoms with Crippen LogP contribution in [0.5, 0.6) is 0 Å². The van der Waals surface area contributed by atoms with E-state index < -0.39 is 0 Å². The number of benzene rings is 1. The quantitative estimate of drug-likeness (QED) is 0.567. The molecule has 0 fully saturated rings. The highest BCUT2D eigenvalue weighted by atomic mass is 16.2. The van der Waals surface area contributed by atoms with Crippen molar-refractivity contribution in [3.63, 3.8) is 0 Å². The number of aryl methyl sites for hydroxylation is 2. The van der Waals surface area contributed by atoms with Gasteiger partial charge in [0, 0.05) is 38.6 Å². The first kappa shape index (κ1) is 20.5. The molecule has 0 atom stereocenters. The van der Waals surface area contributed by atoms with E-state index in [4.69, 9.17) is 0 Å². The van der Waals surface area contributed by atoms with Crippen LogP contribution in [0.3, 0.4) is 0 Å². The Morgan fingerprint density at radius 1 is 1.00 bits per heavy atom. The second kappa shape index (κ2) is 10.3. The first-order valence-corrected chi connectivity index (χ1v) is 9.89. The fourth-order valence-electron chi connectivity index (χ4n) is 3.06. The molecule has 6 nitrogen and oxygen atoms in total. The summed E-state index contributed by atoms with van der Waals surface area (Å²) in [5.74, 6) is 1.18. The highest BCUT2D eigenvalue weighted by molar-refractivity contribution is 5.92. The molecule has 1 aromatic carbocycles. The minimum absolute atomic E-state index is 0.100. The van der Waals surface area contributed by atoms with Crippen LogP contribution in [0.2, 0.25) is 0 Å². The van der Waals surface area contributed by atoms with Crippen LogP contribution in [-0.4, -0.2) is 45.9 Å². The molecule has 0 bridgehead atoms. The van der Waals surface area contributed by atoms with Crippen molar-refractivity contribution in [2.45, 2.75) is 26.2 Å². The van der Waals surface area contributed by atoms with Crippen LogP contribution in [-0.2, 0) is 12.8 Å². The number of hydrogen-bond donors (Lipinski definition) is 1. The molecule has 6 heteroatoms. The van der Waals surface area contributed by atoms with E-state index >= 15 is 0 Å². The number of pyridine rings is 1. The maximum atomic E-state index is 12.8. The second-order valence-corrected chi connectivity index (χ2v) is 7.03. The van der Waals surface area contributed by atoms with E-state index in [2.05, 4.69) is 44.5 Å². The van der Waals surface area contributed by atoms with E-state index in [1.54, 1.807) is 30.4 Å². The second-order valence-electron chi connectivity index (χ2n) is 7.03. The van der Waals surface area contributed by atoms with Crippen LogP contribution in [0.25, 0.3) is 0 Å². The number of amides is 1. The highest BCUT2D eigenvalue weighted by Gasteiger charge is 2.15. The maximum Gasteiger partial charge on any atom is 0.272 e. The summed E-state index contributed by atoms with van der Waals surface area (Å²) in [6.07, 6.45) is 6.30. The number of likely N-dealkylation sites (N-methyl/N-ethyl adjacent to an activating group) is 1. The van der Waals surface area contributed by atoms with E-state index in [1.807, 2.05) is 25.1 Å². The molecule has 1 amide bonds. The number of nitrogens with zero attached hydrogens (tertiary/aromatic N) is 4. The number of nitrogens with one attached hydrogen (secondary N) is 1. The van der Waals surface area contributed by atoms with Crippen molar-refractivity contribution in [1.82, 2.24) is 19.9 Å². The van der Waals surface area contributed by atoms with E-state index in [-0.39, 0.29) is 5.91 Å². The zero-order valence-electron chi connectivity index (χ0n) is 17.0. The van der Waals surface area contributed by atoms with E-state index in [0.29, 0.717) is 23.9 Å². The molecular formula is C23H27N5O. The summed E-state index contributed by atoms with van der Waals surface area (Å²) in [5.41, 5.74) is 2.89. The van der Waals surface area contributed by atoms with Gasteiger partial charge in [-0.1, -0.05) is 30.3 Å². The molecule has 1 N–H and O–H groups in total. The van der Waals surface area contributed by atoms with Crippen molar-refractivity contribution < 1.29 is 4.79 Å². The Hall–Kier alpha value is -3.28. The normalized spacial score (nSPS) is 10.6. The van der Waals surface area contributed by atoms with E-state index in [1.165, 1.54) is 5.56 Å². The lowest BCUT2D eigenvalue weighted by Gasteiger charge is -2.17. The van der Waals surface area contributed by atoms with Crippen LogP contribution in [0.1, 0.15) is 33.9 Å². The Kier molecular flexibility index (Phi) is 7.28. The molecule has 2 heterocycles. The van der Waals surface area contributed by atoms with Gasteiger partial charge in [-0.15, -0.1) is 0 Å². The Balaban J connectivity index is 1.53. The van der Waals surface area contributed by atoms with Crippen LogP contribution in [0, 0.1) is 6.92 Å². The van der Waals surface area contributed by atoms with Crippen molar-refractivity contribution >= 4 is 11.7 Å². The van der Waals surface area contributed by atoms with Gasteiger partial charge in [-0.25, -0.2) is 9.97 Å². The molecule has 3 aromatic rings. The molecule has 0 radical (unpaired) electrons. The largest absolute Gasteiger partial charge is 0.370 e. The molecule has 0 aliphatic rings. The van der Waals surface area contributed by atoms with Gasteiger partial charge in [0.05, 0.1) is 0 Å². The van der Waals surface area contributed by atoms with Gasteiger partial charge in [-0.05, 0) is 49.4 Å². The fourth-order valence-corrected chi connectivity index (χ4v) is 3.06. The van der Waals surface area contributed by atoms with Gasteiger partial charge in [-0.2, -0.15) is 0 Å². The Labute approximate surface area is 172 Å². The summed E-state index contributed by atoms with van der Waals surface area (Å²) in [4.78, 5) is 27.2. The van der Waals surface area contributed by atoms with Gasteiger partial charge in [0.25, 0.3) is 5.91 Å². The molecule has 0 unspecified atom stereocenters. The monoisotopic (exact) mass is 389 g/mol. The third-order valence-corrected chi connectivity index (χ3v) is 4.68. The number of aromatic nitrogens is 3. The minimum Gasteiger partial charge on any atom is -0.370 e. The Morgan fingerprint density at radius 2 is 1.72 bits per heavy atom. The summed E-state index contributed by atoms with van der Waals surface area (Å²) >= 11 is 0.